The molecule has 0 aliphatic heterocycles. The van der Waals surface area contributed by atoms with E-state index in [0.29, 0.717) is 13.1 Å². The minimum Gasteiger partial charge on any atom is -0.465 e. The van der Waals surface area contributed by atoms with Crippen LogP contribution in [-0.4, -0.2) is 25.9 Å². The molecule has 0 aliphatic rings. The number of rotatable bonds is 6. The fourth-order valence-corrected chi connectivity index (χ4v) is 1.12. The van der Waals surface area contributed by atoms with E-state index in [9.17, 15) is 13.2 Å². The standard InChI is InChI=1S/C10H14F3NO2/c1-8-2-3-9(16-8)6-14-4-5-15-7-10(11,12)13/h2-3,14H,4-7H2,1H3. The van der Waals surface area contributed by atoms with Gasteiger partial charge in [0.05, 0.1) is 13.2 Å². The van der Waals surface area contributed by atoms with Crippen molar-refractivity contribution in [2.24, 2.45) is 0 Å². The molecule has 0 radical (unpaired) electrons. The summed E-state index contributed by atoms with van der Waals surface area (Å²) in [6.07, 6.45) is -4.25. The quantitative estimate of drug-likeness (QED) is 0.770. The lowest BCUT2D eigenvalue weighted by atomic mass is 10.4. The molecule has 0 fully saturated rings. The van der Waals surface area contributed by atoms with Gasteiger partial charge in [0.25, 0.3) is 0 Å². The summed E-state index contributed by atoms with van der Waals surface area (Å²) < 4.78 is 44.7. The van der Waals surface area contributed by atoms with Crippen molar-refractivity contribution in [2.75, 3.05) is 19.8 Å². The molecule has 0 saturated carbocycles. The molecule has 0 amide bonds. The van der Waals surface area contributed by atoms with E-state index in [2.05, 4.69) is 10.1 Å². The second kappa shape index (κ2) is 5.91. The second-order valence-electron chi connectivity index (χ2n) is 3.36. The molecule has 3 nitrogen and oxygen atoms in total. The van der Waals surface area contributed by atoms with Gasteiger partial charge in [-0.2, -0.15) is 13.2 Å². The van der Waals surface area contributed by atoms with Gasteiger partial charge in [0.1, 0.15) is 18.1 Å². The third-order valence-corrected chi connectivity index (χ3v) is 1.78. The summed E-state index contributed by atoms with van der Waals surface area (Å²) in [6.45, 7) is 1.50. The van der Waals surface area contributed by atoms with Crippen molar-refractivity contribution in [1.29, 1.82) is 0 Å². The van der Waals surface area contributed by atoms with E-state index in [-0.39, 0.29) is 6.61 Å². The number of aryl methyl sites for hydroxylation is 1. The van der Waals surface area contributed by atoms with Crippen molar-refractivity contribution in [2.45, 2.75) is 19.6 Å². The molecule has 0 saturated heterocycles. The number of hydrogen-bond acceptors (Lipinski definition) is 3. The minimum absolute atomic E-state index is 0.0270. The summed E-state index contributed by atoms with van der Waals surface area (Å²) >= 11 is 0. The molecule has 92 valence electrons. The fraction of sp³-hybridized carbons (Fsp3) is 0.600. The lowest BCUT2D eigenvalue weighted by molar-refractivity contribution is -0.173. The van der Waals surface area contributed by atoms with Crippen LogP contribution < -0.4 is 5.32 Å². The highest BCUT2D eigenvalue weighted by Gasteiger charge is 2.27. The number of furan rings is 1. The number of hydrogen-bond donors (Lipinski definition) is 1. The van der Waals surface area contributed by atoms with Crippen LogP contribution in [0.15, 0.2) is 16.5 Å². The normalized spacial score (nSPS) is 12.0. The molecule has 0 atom stereocenters. The Kier molecular flexibility index (Phi) is 4.82. The van der Waals surface area contributed by atoms with Crippen molar-refractivity contribution in [3.05, 3.63) is 23.7 Å². The highest BCUT2D eigenvalue weighted by Crippen LogP contribution is 2.13. The molecule has 0 aromatic carbocycles. The highest BCUT2D eigenvalue weighted by molar-refractivity contribution is 5.04. The summed E-state index contributed by atoms with van der Waals surface area (Å²) in [6, 6.07) is 3.65. The Morgan fingerprint density at radius 2 is 2.12 bits per heavy atom. The SMILES string of the molecule is Cc1ccc(CNCCOCC(F)(F)F)o1. The Labute approximate surface area is 91.6 Å². The van der Waals surface area contributed by atoms with Gasteiger partial charge in [-0.1, -0.05) is 0 Å². The summed E-state index contributed by atoms with van der Waals surface area (Å²) in [7, 11) is 0. The van der Waals surface area contributed by atoms with Gasteiger partial charge in [-0.05, 0) is 19.1 Å². The van der Waals surface area contributed by atoms with Gasteiger partial charge in [-0.15, -0.1) is 0 Å². The zero-order chi connectivity index (χ0) is 12.0. The number of halogens is 3. The summed E-state index contributed by atoms with van der Waals surface area (Å²) in [5, 5.41) is 2.92. The van der Waals surface area contributed by atoms with Crippen molar-refractivity contribution in [3.63, 3.8) is 0 Å². The summed E-state index contributed by atoms with van der Waals surface area (Å²) in [4.78, 5) is 0. The first-order valence-corrected chi connectivity index (χ1v) is 4.88. The van der Waals surface area contributed by atoms with E-state index >= 15 is 0 Å². The Morgan fingerprint density at radius 3 is 2.69 bits per heavy atom. The first-order valence-electron chi connectivity index (χ1n) is 4.88. The Morgan fingerprint density at radius 1 is 1.38 bits per heavy atom. The van der Waals surface area contributed by atoms with Crippen LogP contribution >= 0.6 is 0 Å². The Hall–Kier alpha value is -1.01. The van der Waals surface area contributed by atoms with Crippen LogP contribution in [0.3, 0.4) is 0 Å². The largest absolute Gasteiger partial charge is 0.465 e. The maximum absolute atomic E-state index is 11.7. The predicted molar refractivity (Wildman–Crippen MR) is 52.0 cm³/mol. The third-order valence-electron chi connectivity index (χ3n) is 1.78. The zero-order valence-electron chi connectivity index (χ0n) is 8.93. The molecule has 0 unspecified atom stereocenters. The molecule has 1 aromatic heterocycles. The third kappa shape index (κ3) is 5.77. The first-order chi connectivity index (χ1) is 7.47. The van der Waals surface area contributed by atoms with E-state index in [1.165, 1.54) is 0 Å². The maximum atomic E-state index is 11.7. The summed E-state index contributed by atoms with van der Waals surface area (Å²) in [5.74, 6) is 1.57. The minimum atomic E-state index is -4.25. The van der Waals surface area contributed by atoms with E-state index in [1.54, 1.807) is 0 Å². The second-order valence-corrected chi connectivity index (χ2v) is 3.36. The van der Waals surface area contributed by atoms with Crippen LogP contribution in [0, 0.1) is 6.92 Å². The molecule has 0 bridgehead atoms. The van der Waals surface area contributed by atoms with Crippen LogP contribution in [0.4, 0.5) is 13.2 Å². The van der Waals surface area contributed by atoms with Gasteiger partial charge in [0.15, 0.2) is 0 Å². The lowest BCUT2D eigenvalue weighted by Gasteiger charge is -2.07. The molecule has 1 N–H and O–H groups in total. The molecule has 1 aromatic rings. The average molecular weight is 237 g/mol. The monoisotopic (exact) mass is 237 g/mol. The molecule has 1 rings (SSSR count). The van der Waals surface area contributed by atoms with E-state index in [1.807, 2.05) is 19.1 Å². The average Bonchev–Trinajstić information content (AvgIpc) is 2.56. The van der Waals surface area contributed by atoms with Gasteiger partial charge in [-0.25, -0.2) is 0 Å². The maximum Gasteiger partial charge on any atom is 0.411 e. The van der Waals surface area contributed by atoms with Crippen molar-refractivity contribution >= 4 is 0 Å². The van der Waals surface area contributed by atoms with Crippen LogP contribution in [0.5, 0.6) is 0 Å². The van der Waals surface area contributed by atoms with Crippen LogP contribution in [0.25, 0.3) is 0 Å². The predicted octanol–water partition coefficient (Wildman–Crippen LogP) is 2.26. The van der Waals surface area contributed by atoms with Gasteiger partial charge in [-0.3, -0.25) is 0 Å². The van der Waals surface area contributed by atoms with Crippen LogP contribution in [0.1, 0.15) is 11.5 Å². The fourth-order valence-electron chi connectivity index (χ4n) is 1.12. The van der Waals surface area contributed by atoms with E-state index < -0.39 is 12.8 Å². The number of ether oxygens (including phenoxy) is 1. The lowest BCUT2D eigenvalue weighted by Crippen LogP contribution is -2.23. The Bertz CT molecular complexity index is 309. The van der Waals surface area contributed by atoms with E-state index in [4.69, 9.17) is 4.42 Å². The molecule has 1 heterocycles. The van der Waals surface area contributed by atoms with Crippen molar-refractivity contribution in [3.8, 4) is 0 Å². The number of nitrogens with one attached hydrogen (secondary N) is 1. The molecule has 6 heteroatoms. The smallest absolute Gasteiger partial charge is 0.411 e. The molecule has 16 heavy (non-hydrogen) atoms. The Balaban J connectivity index is 2.00. The molecular formula is C10H14F3NO2. The molecule has 0 aliphatic carbocycles. The molecule has 0 spiro atoms. The van der Waals surface area contributed by atoms with Gasteiger partial charge in [0.2, 0.25) is 0 Å². The van der Waals surface area contributed by atoms with Crippen LogP contribution in [-0.2, 0) is 11.3 Å². The van der Waals surface area contributed by atoms with E-state index in [0.717, 1.165) is 11.5 Å². The van der Waals surface area contributed by atoms with Gasteiger partial charge < -0.3 is 14.5 Å². The van der Waals surface area contributed by atoms with Crippen molar-refractivity contribution in [1.82, 2.24) is 5.32 Å². The first kappa shape index (κ1) is 13.1. The zero-order valence-corrected chi connectivity index (χ0v) is 8.93. The molecular weight excluding hydrogens is 223 g/mol. The topological polar surface area (TPSA) is 34.4 Å². The van der Waals surface area contributed by atoms with Gasteiger partial charge >= 0.3 is 6.18 Å². The van der Waals surface area contributed by atoms with Crippen molar-refractivity contribution < 1.29 is 22.3 Å². The van der Waals surface area contributed by atoms with Crippen LogP contribution in [0.2, 0.25) is 0 Å². The highest BCUT2D eigenvalue weighted by atomic mass is 19.4. The summed E-state index contributed by atoms with van der Waals surface area (Å²) in [5.41, 5.74) is 0. The number of alkyl halides is 3. The van der Waals surface area contributed by atoms with Gasteiger partial charge in [0, 0.05) is 6.54 Å².